The third-order valence-electron chi connectivity index (χ3n) is 3.65. The SMILES string of the molecule is CC[C@H](NC(=O)COc1ccc(C)c(C)c1)c1ncnn1C. The van der Waals surface area contributed by atoms with E-state index in [0.29, 0.717) is 5.75 Å². The molecule has 0 bridgehead atoms. The lowest BCUT2D eigenvalue weighted by molar-refractivity contribution is -0.124. The summed E-state index contributed by atoms with van der Waals surface area (Å²) >= 11 is 0. The molecular weight excluding hydrogens is 280 g/mol. The van der Waals surface area contributed by atoms with Crippen LogP contribution < -0.4 is 10.1 Å². The quantitative estimate of drug-likeness (QED) is 0.887. The summed E-state index contributed by atoms with van der Waals surface area (Å²) in [5, 5.41) is 6.95. The van der Waals surface area contributed by atoms with Crippen molar-refractivity contribution in [2.45, 2.75) is 33.2 Å². The van der Waals surface area contributed by atoms with Crippen molar-refractivity contribution in [1.29, 1.82) is 0 Å². The Labute approximate surface area is 130 Å². The zero-order valence-electron chi connectivity index (χ0n) is 13.5. The highest BCUT2D eigenvalue weighted by Gasteiger charge is 2.17. The maximum absolute atomic E-state index is 12.1. The lowest BCUT2D eigenvalue weighted by Gasteiger charge is -2.16. The third-order valence-corrected chi connectivity index (χ3v) is 3.65. The molecule has 0 radical (unpaired) electrons. The summed E-state index contributed by atoms with van der Waals surface area (Å²) in [6.07, 6.45) is 2.22. The van der Waals surface area contributed by atoms with Gasteiger partial charge in [-0.2, -0.15) is 5.10 Å². The van der Waals surface area contributed by atoms with E-state index >= 15 is 0 Å². The Morgan fingerprint density at radius 2 is 2.14 bits per heavy atom. The Bertz CT molecular complexity index is 651. The first-order valence-corrected chi connectivity index (χ1v) is 7.34. The zero-order chi connectivity index (χ0) is 16.1. The Balaban J connectivity index is 1.92. The molecule has 0 aliphatic carbocycles. The van der Waals surface area contributed by atoms with Crippen LogP contribution in [-0.2, 0) is 11.8 Å². The summed E-state index contributed by atoms with van der Waals surface area (Å²) in [4.78, 5) is 16.2. The maximum Gasteiger partial charge on any atom is 0.258 e. The monoisotopic (exact) mass is 302 g/mol. The zero-order valence-corrected chi connectivity index (χ0v) is 13.5. The van der Waals surface area contributed by atoms with E-state index in [-0.39, 0.29) is 18.6 Å². The van der Waals surface area contributed by atoms with E-state index in [1.807, 2.05) is 46.0 Å². The van der Waals surface area contributed by atoms with Gasteiger partial charge in [0.2, 0.25) is 0 Å². The van der Waals surface area contributed by atoms with Gasteiger partial charge in [0, 0.05) is 7.05 Å². The van der Waals surface area contributed by atoms with E-state index < -0.39 is 0 Å². The number of ether oxygens (including phenoxy) is 1. The van der Waals surface area contributed by atoms with Crippen LogP contribution in [-0.4, -0.2) is 27.3 Å². The Morgan fingerprint density at radius 1 is 1.36 bits per heavy atom. The lowest BCUT2D eigenvalue weighted by atomic mass is 10.1. The molecule has 0 saturated heterocycles. The standard InChI is InChI=1S/C16H22N4O2/c1-5-14(16-17-10-18-20(16)4)19-15(21)9-22-13-7-6-11(2)12(3)8-13/h6-8,10,14H,5,9H2,1-4H3,(H,19,21)/t14-/m0/s1. The van der Waals surface area contributed by atoms with Crippen LogP contribution in [0.4, 0.5) is 0 Å². The smallest absolute Gasteiger partial charge is 0.258 e. The van der Waals surface area contributed by atoms with E-state index in [1.165, 1.54) is 11.9 Å². The number of nitrogens with one attached hydrogen (secondary N) is 1. The van der Waals surface area contributed by atoms with E-state index in [0.717, 1.165) is 17.8 Å². The van der Waals surface area contributed by atoms with Gasteiger partial charge in [-0.3, -0.25) is 9.48 Å². The molecule has 22 heavy (non-hydrogen) atoms. The highest BCUT2D eigenvalue weighted by atomic mass is 16.5. The van der Waals surface area contributed by atoms with Crippen LogP contribution in [0.3, 0.4) is 0 Å². The van der Waals surface area contributed by atoms with Crippen LogP contribution in [0.25, 0.3) is 0 Å². The van der Waals surface area contributed by atoms with Crippen LogP contribution in [0.15, 0.2) is 24.5 Å². The van der Waals surface area contributed by atoms with Crippen molar-refractivity contribution in [3.05, 3.63) is 41.5 Å². The molecule has 1 aromatic heterocycles. The normalized spacial score (nSPS) is 12.0. The van der Waals surface area contributed by atoms with Crippen molar-refractivity contribution in [1.82, 2.24) is 20.1 Å². The van der Waals surface area contributed by atoms with E-state index in [1.54, 1.807) is 4.68 Å². The number of carbonyl (C=O) groups excluding carboxylic acids is 1. The molecular formula is C16H22N4O2. The summed E-state index contributed by atoms with van der Waals surface area (Å²) in [5.74, 6) is 1.26. The number of nitrogens with zero attached hydrogens (tertiary/aromatic N) is 3. The predicted octanol–water partition coefficient (Wildman–Crippen LogP) is 2.08. The van der Waals surface area contributed by atoms with Crippen molar-refractivity contribution in [2.75, 3.05) is 6.61 Å². The highest BCUT2D eigenvalue weighted by Crippen LogP contribution is 2.16. The fourth-order valence-corrected chi connectivity index (χ4v) is 2.16. The number of rotatable bonds is 6. The topological polar surface area (TPSA) is 69.0 Å². The van der Waals surface area contributed by atoms with Gasteiger partial charge in [-0.15, -0.1) is 0 Å². The van der Waals surface area contributed by atoms with Crippen LogP contribution in [0.1, 0.15) is 36.3 Å². The molecule has 0 spiro atoms. The van der Waals surface area contributed by atoms with Crippen molar-refractivity contribution >= 4 is 5.91 Å². The van der Waals surface area contributed by atoms with Crippen LogP contribution in [0, 0.1) is 13.8 Å². The molecule has 1 N–H and O–H groups in total. The summed E-state index contributed by atoms with van der Waals surface area (Å²) in [5.41, 5.74) is 2.34. The summed E-state index contributed by atoms with van der Waals surface area (Å²) in [6.45, 7) is 6.03. The van der Waals surface area contributed by atoms with E-state index in [4.69, 9.17) is 4.74 Å². The molecule has 6 heteroatoms. The Hall–Kier alpha value is -2.37. The maximum atomic E-state index is 12.1. The molecule has 1 aromatic carbocycles. The van der Waals surface area contributed by atoms with E-state index in [2.05, 4.69) is 15.4 Å². The highest BCUT2D eigenvalue weighted by molar-refractivity contribution is 5.77. The second kappa shape index (κ2) is 7.06. The first-order valence-electron chi connectivity index (χ1n) is 7.34. The number of aryl methyl sites for hydroxylation is 3. The minimum Gasteiger partial charge on any atom is -0.484 e. The number of hydrogen-bond donors (Lipinski definition) is 1. The largest absolute Gasteiger partial charge is 0.484 e. The minimum atomic E-state index is -0.173. The van der Waals surface area contributed by atoms with Crippen LogP contribution >= 0.6 is 0 Å². The number of amides is 1. The Morgan fingerprint density at radius 3 is 2.73 bits per heavy atom. The summed E-state index contributed by atoms with van der Waals surface area (Å²) in [7, 11) is 1.81. The fourth-order valence-electron chi connectivity index (χ4n) is 2.16. The van der Waals surface area contributed by atoms with Crippen molar-refractivity contribution in [2.24, 2.45) is 7.05 Å². The average molecular weight is 302 g/mol. The molecule has 0 aliphatic rings. The van der Waals surface area contributed by atoms with Gasteiger partial charge < -0.3 is 10.1 Å². The van der Waals surface area contributed by atoms with Crippen LogP contribution in [0.2, 0.25) is 0 Å². The van der Waals surface area contributed by atoms with Gasteiger partial charge in [0.25, 0.3) is 5.91 Å². The molecule has 0 aliphatic heterocycles. The second-order valence-electron chi connectivity index (χ2n) is 5.30. The van der Waals surface area contributed by atoms with Gasteiger partial charge in [0.1, 0.15) is 17.9 Å². The number of aromatic nitrogens is 3. The Kier molecular flexibility index (Phi) is 5.14. The summed E-state index contributed by atoms with van der Waals surface area (Å²) < 4.78 is 7.21. The van der Waals surface area contributed by atoms with Crippen LogP contribution in [0.5, 0.6) is 5.75 Å². The first kappa shape index (κ1) is 16.0. The van der Waals surface area contributed by atoms with Gasteiger partial charge in [-0.05, 0) is 43.5 Å². The third kappa shape index (κ3) is 3.84. The average Bonchev–Trinajstić information content (AvgIpc) is 2.92. The molecule has 0 unspecified atom stereocenters. The molecule has 2 rings (SSSR count). The van der Waals surface area contributed by atoms with Crippen molar-refractivity contribution < 1.29 is 9.53 Å². The number of carbonyl (C=O) groups is 1. The molecule has 118 valence electrons. The summed E-state index contributed by atoms with van der Waals surface area (Å²) in [6, 6.07) is 5.62. The molecule has 1 heterocycles. The lowest BCUT2D eigenvalue weighted by Crippen LogP contribution is -2.33. The molecule has 2 aromatic rings. The van der Waals surface area contributed by atoms with E-state index in [9.17, 15) is 4.79 Å². The molecule has 0 saturated carbocycles. The second-order valence-corrected chi connectivity index (χ2v) is 5.30. The van der Waals surface area contributed by atoms with Crippen molar-refractivity contribution in [3.8, 4) is 5.75 Å². The first-order chi connectivity index (χ1) is 10.5. The van der Waals surface area contributed by atoms with Gasteiger partial charge >= 0.3 is 0 Å². The van der Waals surface area contributed by atoms with Gasteiger partial charge in [-0.25, -0.2) is 4.98 Å². The number of hydrogen-bond acceptors (Lipinski definition) is 4. The predicted molar refractivity (Wildman–Crippen MR) is 83.6 cm³/mol. The molecule has 1 amide bonds. The fraction of sp³-hybridized carbons (Fsp3) is 0.438. The van der Waals surface area contributed by atoms with Gasteiger partial charge in [-0.1, -0.05) is 13.0 Å². The van der Waals surface area contributed by atoms with Gasteiger partial charge in [0.15, 0.2) is 6.61 Å². The molecule has 1 atom stereocenters. The van der Waals surface area contributed by atoms with Gasteiger partial charge in [0.05, 0.1) is 6.04 Å². The van der Waals surface area contributed by atoms with Crippen molar-refractivity contribution in [3.63, 3.8) is 0 Å². The number of benzene rings is 1. The molecule has 0 fully saturated rings. The minimum absolute atomic E-state index is 0.0170. The molecule has 6 nitrogen and oxygen atoms in total.